The van der Waals surface area contributed by atoms with Gasteiger partial charge in [0, 0.05) is 50.8 Å². The van der Waals surface area contributed by atoms with Crippen molar-refractivity contribution in [3.05, 3.63) is 175 Å². The highest BCUT2D eigenvalue weighted by Gasteiger charge is 2.40. The van der Waals surface area contributed by atoms with Gasteiger partial charge >= 0.3 is 0 Å². The second-order valence-electron chi connectivity index (χ2n) is 14.1. The number of benzene rings is 6. The van der Waals surface area contributed by atoms with Gasteiger partial charge in [0.1, 0.15) is 11.2 Å². The summed E-state index contributed by atoms with van der Waals surface area (Å²) in [4.78, 5) is 15.0. The van der Waals surface area contributed by atoms with Crippen molar-refractivity contribution in [1.82, 2.24) is 15.0 Å². The van der Waals surface area contributed by atoms with E-state index in [-0.39, 0.29) is 5.41 Å². The van der Waals surface area contributed by atoms with Gasteiger partial charge in [-0.25, -0.2) is 9.97 Å². The Morgan fingerprint density at radius 2 is 1.08 bits per heavy atom. The molecule has 246 valence electrons. The van der Waals surface area contributed by atoms with Crippen LogP contribution < -0.4 is 0 Å². The number of hydrogen-bond acceptors (Lipinski definition) is 4. The van der Waals surface area contributed by atoms with Gasteiger partial charge in [0.05, 0.1) is 11.4 Å². The Morgan fingerprint density at radius 1 is 0.462 bits per heavy atom. The lowest BCUT2D eigenvalue weighted by Crippen LogP contribution is -2.17. The summed E-state index contributed by atoms with van der Waals surface area (Å²) in [6.45, 7) is 4.58. The quantitative estimate of drug-likeness (QED) is 0.183. The third kappa shape index (κ3) is 4.87. The molecule has 0 atom stereocenters. The minimum atomic E-state index is -0.268. The summed E-state index contributed by atoms with van der Waals surface area (Å²) in [6.07, 6.45) is 3.69. The minimum Gasteiger partial charge on any atom is -0.456 e. The highest BCUT2D eigenvalue weighted by molar-refractivity contribution is 6.06. The van der Waals surface area contributed by atoms with E-state index in [0.717, 1.165) is 83.4 Å². The molecule has 52 heavy (non-hydrogen) atoms. The van der Waals surface area contributed by atoms with Crippen LogP contribution in [0.15, 0.2) is 168 Å². The maximum Gasteiger partial charge on any atom is 0.160 e. The molecule has 1 aliphatic carbocycles. The summed E-state index contributed by atoms with van der Waals surface area (Å²) in [6, 6.07) is 53.5. The number of aromatic nitrogens is 3. The zero-order chi connectivity index (χ0) is 34.8. The molecule has 3 aromatic heterocycles. The summed E-state index contributed by atoms with van der Waals surface area (Å²) in [5.41, 5.74) is 16.0. The molecule has 0 saturated heterocycles. The van der Waals surface area contributed by atoms with Crippen LogP contribution in [0.25, 0.3) is 89.2 Å². The molecule has 0 amide bonds. The first-order valence-corrected chi connectivity index (χ1v) is 17.7. The van der Waals surface area contributed by atoms with Crippen LogP contribution >= 0.6 is 0 Å². The summed E-state index contributed by atoms with van der Waals surface area (Å²) < 4.78 is 6.11. The Bertz CT molecular complexity index is 2810. The lowest BCUT2D eigenvalue weighted by Gasteiger charge is -2.24. The van der Waals surface area contributed by atoms with Crippen molar-refractivity contribution in [3.63, 3.8) is 0 Å². The molecule has 0 fully saturated rings. The molecule has 0 saturated carbocycles. The van der Waals surface area contributed by atoms with Crippen molar-refractivity contribution in [2.24, 2.45) is 0 Å². The highest BCUT2D eigenvalue weighted by Crippen LogP contribution is 2.51. The molecule has 4 nitrogen and oxygen atoms in total. The second kappa shape index (κ2) is 11.7. The summed E-state index contributed by atoms with van der Waals surface area (Å²) in [5, 5.41) is 2.26. The number of fused-ring (bicyclic) bond motifs is 6. The van der Waals surface area contributed by atoms with E-state index in [1.807, 2.05) is 24.4 Å². The molecule has 0 aliphatic heterocycles. The summed E-state index contributed by atoms with van der Waals surface area (Å²) in [7, 11) is 0. The fraction of sp³-hybridized carbons (Fsp3) is 0.0625. The Morgan fingerprint density at radius 3 is 1.87 bits per heavy atom. The maximum atomic E-state index is 6.11. The van der Waals surface area contributed by atoms with E-state index in [1.54, 1.807) is 6.20 Å². The van der Waals surface area contributed by atoms with E-state index in [1.165, 1.54) is 11.1 Å². The second-order valence-corrected chi connectivity index (χ2v) is 14.1. The van der Waals surface area contributed by atoms with E-state index in [9.17, 15) is 0 Å². The normalized spacial score (nSPS) is 13.0. The van der Waals surface area contributed by atoms with Crippen LogP contribution in [0.4, 0.5) is 0 Å². The minimum absolute atomic E-state index is 0.268. The molecule has 0 radical (unpaired) electrons. The van der Waals surface area contributed by atoms with Crippen molar-refractivity contribution in [1.29, 1.82) is 0 Å². The number of rotatable bonds is 5. The molecular weight excluding hydrogens is 635 g/mol. The Kier molecular flexibility index (Phi) is 6.80. The van der Waals surface area contributed by atoms with Gasteiger partial charge in [-0.15, -0.1) is 0 Å². The maximum absolute atomic E-state index is 6.11. The van der Waals surface area contributed by atoms with Gasteiger partial charge in [-0.3, -0.25) is 4.98 Å². The molecule has 9 aromatic rings. The third-order valence-corrected chi connectivity index (χ3v) is 10.6. The monoisotopic (exact) mass is 667 g/mol. The predicted molar refractivity (Wildman–Crippen MR) is 212 cm³/mol. The number of nitrogens with zero attached hydrogens (tertiary/aromatic N) is 3. The molecule has 0 spiro atoms. The van der Waals surface area contributed by atoms with Crippen LogP contribution in [0, 0.1) is 0 Å². The van der Waals surface area contributed by atoms with Gasteiger partial charge in [0.25, 0.3) is 0 Å². The fourth-order valence-electron chi connectivity index (χ4n) is 7.93. The zero-order valence-electron chi connectivity index (χ0n) is 28.8. The predicted octanol–water partition coefficient (Wildman–Crippen LogP) is 12.4. The first kappa shape index (κ1) is 30.2. The van der Waals surface area contributed by atoms with E-state index in [0.29, 0.717) is 5.82 Å². The first-order valence-electron chi connectivity index (χ1n) is 17.7. The third-order valence-electron chi connectivity index (χ3n) is 10.6. The van der Waals surface area contributed by atoms with Gasteiger partial charge in [0.2, 0.25) is 0 Å². The molecule has 3 heterocycles. The van der Waals surface area contributed by atoms with Crippen molar-refractivity contribution < 1.29 is 4.42 Å². The SMILES string of the molecule is CC1(C)c2ccccc2-c2nc(-c3ccc(-c4cccnc4)cc3)nc(-c3cccc(-c4cccc(-c5ccc6oc7ccccc7c6c5)c4)c3)c21. The van der Waals surface area contributed by atoms with Crippen molar-refractivity contribution in [2.75, 3.05) is 0 Å². The van der Waals surface area contributed by atoms with Gasteiger partial charge in [-0.2, -0.15) is 0 Å². The van der Waals surface area contributed by atoms with E-state index in [4.69, 9.17) is 14.4 Å². The Labute approximate surface area is 302 Å². The van der Waals surface area contributed by atoms with Crippen LogP contribution in [0.1, 0.15) is 25.0 Å². The number of para-hydroxylation sites is 1. The zero-order valence-corrected chi connectivity index (χ0v) is 28.8. The van der Waals surface area contributed by atoms with Crippen LogP contribution in [-0.4, -0.2) is 15.0 Å². The van der Waals surface area contributed by atoms with Crippen LogP contribution in [0.5, 0.6) is 0 Å². The summed E-state index contributed by atoms with van der Waals surface area (Å²) >= 11 is 0. The molecule has 0 N–H and O–H groups in total. The van der Waals surface area contributed by atoms with E-state index >= 15 is 0 Å². The topological polar surface area (TPSA) is 51.8 Å². The smallest absolute Gasteiger partial charge is 0.160 e. The van der Waals surface area contributed by atoms with Crippen molar-refractivity contribution in [3.8, 4) is 67.3 Å². The lowest BCUT2D eigenvalue weighted by molar-refractivity contribution is 0.658. The number of furan rings is 1. The summed E-state index contributed by atoms with van der Waals surface area (Å²) in [5.74, 6) is 0.716. The van der Waals surface area contributed by atoms with E-state index < -0.39 is 0 Å². The van der Waals surface area contributed by atoms with Crippen LogP contribution in [-0.2, 0) is 5.41 Å². The average Bonchev–Trinajstić information content (AvgIpc) is 3.69. The van der Waals surface area contributed by atoms with E-state index in [2.05, 4.69) is 152 Å². The molecule has 10 rings (SSSR count). The molecule has 4 heteroatoms. The largest absolute Gasteiger partial charge is 0.456 e. The average molecular weight is 668 g/mol. The van der Waals surface area contributed by atoms with Crippen LogP contribution in [0.3, 0.4) is 0 Å². The standard InChI is InChI=1S/C48H33N3O/c1-48(2)41-17-5-3-16-39(41)46-44(48)45(50-47(51-46)31-21-19-30(20-22-31)37-14-9-25-49-29-37)36-13-8-12-34(27-36)32-10-7-11-33(26-32)35-23-24-43-40(28-35)38-15-4-6-18-42(38)52-43/h3-29H,1-2H3. The highest BCUT2D eigenvalue weighted by atomic mass is 16.3. The Hall–Kier alpha value is -6.65. The first-order chi connectivity index (χ1) is 25.5. The number of hydrogen-bond donors (Lipinski definition) is 0. The van der Waals surface area contributed by atoms with Crippen LogP contribution in [0.2, 0.25) is 0 Å². The Balaban J connectivity index is 1.09. The van der Waals surface area contributed by atoms with Gasteiger partial charge in [0.15, 0.2) is 5.82 Å². The fourth-order valence-corrected chi connectivity index (χ4v) is 7.93. The molecule has 0 unspecified atom stereocenters. The lowest BCUT2D eigenvalue weighted by atomic mass is 9.80. The van der Waals surface area contributed by atoms with Gasteiger partial charge < -0.3 is 4.42 Å². The molecule has 6 aromatic carbocycles. The van der Waals surface area contributed by atoms with Gasteiger partial charge in [-0.1, -0.05) is 129 Å². The van der Waals surface area contributed by atoms with Gasteiger partial charge in [-0.05, 0) is 75.3 Å². The number of pyridine rings is 1. The molecular formula is C48H33N3O. The van der Waals surface area contributed by atoms with Crippen molar-refractivity contribution in [2.45, 2.75) is 19.3 Å². The molecule has 1 aliphatic rings. The molecule has 0 bridgehead atoms. The van der Waals surface area contributed by atoms with Crippen molar-refractivity contribution >= 4 is 21.9 Å².